The van der Waals surface area contributed by atoms with Gasteiger partial charge in [-0.2, -0.15) is 0 Å². The Kier molecular flexibility index (Phi) is 3.72. The van der Waals surface area contributed by atoms with E-state index in [0.29, 0.717) is 0 Å². The number of amides is 1. The topological polar surface area (TPSA) is 88.5 Å². The van der Waals surface area contributed by atoms with E-state index >= 15 is 0 Å². The van der Waals surface area contributed by atoms with Gasteiger partial charge >= 0.3 is 0 Å². The van der Waals surface area contributed by atoms with E-state index in [-0.39, 0.29) is 29.7 Å². The Balaban J connectivity index is 1.68. The molecule has 2 N–H and O–H groups in total. The number of aromatic nitrogens is 5. The van der Waals surface area contributed by atoms with Crippen LogP contribution in [0.2, 0.25) is 0 Å². The Morgan fingerprint density at radius 1 is 1.48 bits per heavy atom. The van der Waals surface area contributed by atoms with E-state index in [2.05, 4.69) is 30.0 Å². The lowest BCUT2D eigenvalue weighted by Crippen LogP contribution is -2.38. The van der Waals surface area contributed by atoms with Crippen molar-refractivity contribution in [1.29, 1.82) is 0 Å². The smallest absolute Gasteiger partial charge is 0.291 e. The largest absolute Gasteiger partial charge is 0.344 e. The highest BCUT2D eigenvalue weighted by Gasteiger charge is 2.30. The zero-order valence-electron chi connectivity index (χ0n) is 12.3. The van der Waals surface area contributed by atoms with E-state index in [1.807, 2.05) is 20.0 Å². The third kappa shape index (κ3) is 2.81. The van der Waals surface area contributed by atoms with Crippen LogP contribution < -0.4 is 5.32 Å². The van der Waals surface area contributed by atoms with Gasteiger partial charge in [-0.25, -0.2) is 9.97 Å². The van der Waals surface area contributed by atoms with Crippen molar-refractivity contribution in [1.82, 2.24) is 30.0 Å². The second-order valence-electron chi connectivity index (χ2n) is 5.79. The molecular weight excluding hydrogens is 268 g/mol. The maximum atomic E-state index is 12.3. The molecule has 1 fully saturated rings. The number of carbonyl (C=O) groups excluding carboxylic acids is 1. The summed E-state index contributed by atoms with van der Waals surface area (Å²) in [6.45, 7) is 4.02. The first-order valence-electron chi connectivity index (χ1n) is 7.35. The highest BCUT2D eigenvalue weighted by molar-refractivity contribution is 5.90. The molecule has 1 amide bonds. The van der Waals surface area contributed by atoms with Crippen molar-refractivity contribution < 1.29 is 4.79 Å². The first kappa shape index (κ1) is 13.8. The summed E-state index contributed by atoms with van der Waals surface area (Å²) in [5.74, 6) is 0.965. The van der Waals surface area contributed by atoms with Crippen LogP contribution in [0.1, 0.15) is 61.5 Å². The van der Waals surface area contributed by atoms with Crippen LogP contribution in [0.4, 0.5) is 0 Å². The zero-order chi connectivity index (χ0) is 14.8. The Labute approximate surface area is 123 Å². The Hall–Kier alpha value is -2.18. The molecule has 21 heavy (non-hydrogen) atoms. The summed E-state index contributed by atoms with van der Waals surface area (Å²) in [5, 5.41) is 9.87. The number of aromatic amines is 1. The van der Waals surface area contributed by atoms with Crippen molar-refractivity contribution in [2.45, 2.75) is 51.1 Å². The lowest BCUT2D eigenvalue weighted by molar-refractivity contribution is 0.0918. The van der Waals surface area contributed by atoms with Crippen molar-refractivity contribution in [3.05, 3.63) is 30.4 Å². The summed E-state index contributed by atoms with van der Waals surface area (Å²) in [7, 11) is 0. The molecule has 7 nitrogen and oxygen atoms in total. The van der Waals surface area contributed by atoms with Crippen LogP contribution in [0.5, 0.6) is 0 Å². The highest BCUT2D eigenvalue weighted by Crippen LogP contribution is 2.30. The van der Waals surface area contributed by atoms with Gasteiger partial charge in [-0.05, 0) is 19.3 Å². The number of nitrogens with one attached hydrogen (secondary N) is 2. The quantitative estimate of drug-likeness (QED) is 0.895. The Morgan fingerprint density at radius 3 is 3.00 bits per heavy atom. The second-order valence-corrected chi connectivity index (χ2v) is 5.79. The summed E-state index contributed by atoms with van der Waals surface area (Å²) < 4.78 is 2.06. The van der Waals surface area contributed by atoms with Gasteiger partial charge in [0.15, 0.2) is 0 Å². The van der Waals surface area contributed by atoms with Crippen LogP contribution >= 0.6 is 0 Å². The third-order valence-corrected chi connectivity index (χ3v) is 3.96. The van der Waals surface area contributed by atoms with E-state index in [0.717, 1.165) is 25.1 Å². The summed E-state index contributed by atoms with van der Waals surface area (Å²) in [6, 6.07) is 0.368. The fourth-order valence-electron chi connectivity index (χ4n) is 2.80. The molecule has 2 aromatic rings. The second kappa shape index (κ2) is 5.67. The number of carbonyl (C=O) groups is 1. The van der Waals surface area contributed by atoms with Crippen LogP contribution in [-0.2, 0) is 0 Å². The molecule has 1 saturated carbocycles. The molecule has 0 saturated heterocycles. The first-order chi connectivity index (χ1) is 10.1. The number of imidazole rings is 1. The van der Waals surface area contributed by atoms with Crippen LogP contribution in [0.15, 0.2) is 18.7 Å². The van der Waals surface area contributed by atoms with E-state index in [4.69, 9.17) is 0 Å². The van der Waals surface area contributed by atoms with Gasteiger partial charge in [0.1, 0.15) is 5.82 Å². The number of nitrogens with zero attached hydrogens (tertiary/aromatic N) is 4. The van der Waals surface area contributed by atoms with E-state index in [1.54, 1.807) is 12.5 Å². The van der Waals surface area contributed by atoms with Gasteiger partial charge in [0.2, 0.25) is 5.82 Å². The van der Waals surface area contributed by atoms with E-state index in [1.165, 1.54) is 0 Å². The van der Waals surface area contributed by atoms with Gasteiger partial charge in [-0.15, -0.1) is 5.10 Å². The molecule has 0 aliphatic heterocycles. The molecule has 1 aliphatic rings. The first-order valence-corrected chi connectivity index (χ1v) is 7.35. The molecule has 0 radical (unpaired) electrons. The van der Waals surface area contributed by atoms with Crippen LogP contribution in [0, 0.1) is 0 Å². The van der Waals surface area contributed by atoms with Crippen molar-refractivity contribution in [2.75, 3.05) is 0 Å². The van der Waals surface area contributed by atoms with E-state index < -0.39 is 0 Å². The molecule has 7 heteroatoms. The molecule has 2 aromatic heterocycles. The van der Waals surface area contributed by atoms with E-state index in [9.17, 15) is 4.79 Å². The van der Waals surface area contributed by atoms with Crippen LogP contribution in [-0.4, -0.2) is 36.7 Å². The molecule has 2 atom stereocenters. The zero-order valence-corrected chi connectivity index (χ0v) is 12.3. The van der Waals surface area contributed by atoms with Gasteiger partial charge in [0, 0.05) is 18.3 Å². The Bertz CT molecular complexity index is 603. The summed E-state index contributed by atoms with van der Waals surface area (Å²) in [5.41, 5.74) is 0. The van der Waals surface area contributed by atoms with Gasteiger partial charge in [0.25, 0.3) is 5.91 Å². The number of rotatable bonds is 4. The maximum absolute atomic E-state index is 12.3. The fraction of sp³-hybridized carbons (Fsp3) is 0.571. The summed E-state index contributed by atoms with van der Waals surface area (Å²) in [4.78, 5) is 20.6. The van der Waals surface area contributed by atoms with Crippen molar-refractivity contribution >= 4 is 5.91 Å². The van der Waals surface area contributed by atoms with Gasteiger partial charge in [-0.1, -0.05) is 13.8 Å². The normalized spacial score (nSPS) is 21.9. The summed E-state index contributed by atoms with van der Waals surface area (Å²) >= 11 is 0. The lowest BCUT2D eigenvalue weighted by Gasteiger charge is -2.21. The molecule has 2 unspecified atom stereocenters. The minimum absolute atomic E-state index is 0.104. The average molecular weight is 288 g/mol. The maximum Gasteiger partial charge on any atom is 0.291 e. The lowest BCUT2D eigenvalue weighted by atomic mass is 10.1. The number of hydrogen-bond donors (Lipinski definition) is 2. The SMILES string of the molecule is CC(C)c1nc(C(=O)NC2CCCC2n2ccnc2)n[nH]1. The molecule has 0 spiro atoms. The molecule has 2 heterocycles. The van der Waals surface area contributed by atoms with Gasteiger partial charge in [0.05, 0.1) is 18.4 Å². The molecule has 0 aromatic carbocycles. The molecule has 1 aliphatic carbocycles. The molecule has 0 bridgehead atoms. The van der Waals surface area contributed by atoms with Gasteiger partial charge in [-0.3, -0.25) is 9.89 Å². The monoisotopic (exact) mass is 288 g/mol. The molecular formula is C14H20N6O. The number of H-pyrrole nitrogens is 1. The predicted octanol–water partition coefficient (Wildman–Crippen LogP) is 1.65. The number of hydrogen-bond acceptors (Lipinski definition) is 4. The molecule has 112 valence electrons. The van der Waals surface area contributed by atoms with Crippen molar-refractivity contribution in [3.8, 4) is 0 Å². The standard InChI is InChI=1S/C14H20N6O/c1-9(2)12-17-13(19-18-12)14(21)16-10-4-3-5-11(10)20-7-6-15-8-20/h6-11H,3-5H2,1-2H3,(H,16,21)(H,17,18,19). The average Bonchev–Trinajstić information content (AvgIpc) is 3.19. The van der Waals surface area contributed by atoms with Crippen molar-refractivity contribution in [3.63, 3.8) is 0 Å². The highest BCUT2D eigenvalue weighted by atomic mass is 16.2. The van der Waals surface area contributed by atoms with Crippen molar-refractivity contribution in [2.24, 2.45) is 0 Å². The third-order valence-electron chi connectivity index (χ3n) is 3.96. The molecule has 3 rings (SSSR count). The predicted molar refractivity (Wildman–Crippen MR) is 76.8 cm³/mol. The Morgan fingerprint density at radius 2 is 2.33 bits per heavy atom. The van der Waals surface area contributed by atoms with Gasteiger partial charge < -0.3 is 9.88 Å². The summed E-state index contributed by atoms with van der Waals surface area (Å²) in [6.07, 6.45) is 8.63. The van der Waals surface area contributed by atoms with Crippen LogP contribution in [0.3, 0.4) is 0 Å². The minimum Gasteiger partial charge on any atom is -0.344 e. The fourth-order valence-corrected chi connectivity index (χ4v) is 2.80. The minimum atomic E-state index is -0.213. The van der Waals surface area contributed by atoms with Crippen LogP contribution in [0.25, 0.3) is 0 Å².